The Morgan fingerprint density at radius 1 is 0.462 bits per heavy atom. The van der Waals surface area contributed by atoms with Crippen molar-refractivity contribution in [1.82, 2.24) is 5.32 Å². The fourth-order valence-corrected chi connectivity index (χ4v) is 9.68. The summed E-state index contributed by atoms with van der Waals surface area (Å²) < 4.78 is 30.3. The first kappa shape index (κ1) is 74.9. The van der Waals surface area contributed by atoms with E-state index < -0.39 is 26.6 Å². The van der Waals surface area contributed by atoms with Gasteiger partial charge in [0.1, 0.15) is 19.3 Å². The second-order valence-corrected chi connectivity index (χ2v) is 24.1. The zero-order valence-electron chi connectivity index (χ0n) is 51.3. The summed E-state index contributed by atoms with van der Waals surface area (Å²) in [4.78, 5) is 40.0. The number of hydrogen-bond acceptors (Lipinski definition) is 7. The standard InChI is InChI=1S/C68H121N2O7P/c1-7-10-13-16-19-22-25-28-30-32-33-34-35-36-37-39-40-42-45-48-51-54-57-60-67(71)69-65(64-76-78(73,74)75-63-62-70(4,5)6)66(59-56-53-50-47-44-27-24-21-18-15-12-9-3)77-68(72)61-58-55-52-49-46-43-41-38-31-29-26-23-20-17-14-11-8-2/h11,14,17,20,23,26,28-31,38,41,43,46,56,59,65-66H,7-10,12-13,15-16,18-19,21-22,24-25,27,32-37,39-40,42,44-45,47-55,57-58,60-64H2,1-6H3,(H-,69,71,73,74)/b14-11-,20-17+,26-23+,30-28+,31-29-,41-38+,46-43+,59-56-. The number of nitrogens with one attached hydrogen (secondary N) is 1. The molecule has 9 nitrogen and oxygen atoms in total. The topological polar surface area (TPSA) is 114 Å². The van der Waals surface area contributed by atoms with Crippen molar-refractivity contribution >= 4 is 19.7 Å². The van der Waals surface area contributed by atoms with Gasteiger partial charge in [-0.15, -0.1) is 0 Å². The molecule has 0 aliphatic heterocycles. The number of ether oxygens (including phenoxy) is 1. The highest BCUT2D eigenvalue weighted by atomic mass is 31.2. The molecule has 0 aliphatic rings. The van der Waals surface area contributed by atoms with Gasteiger partial charge in [-0.1, -0.05) is 279 Å². The molecule has 0 aromatic rings. The van der Waals surface area contributed by atoms with Crippen molar-refractivity contribution in [2.24, 2.45) is 0 Å². The van der Waals surface area contributed by atoms with Crippen LogP contribution in [-0.2, 0) is 27.9 Å². The molecule has 450 valence electrons. The van der Waals surface area contributed by atoms with E-state index in [0.717, 1.165) is 64.2 Å². The molecular weight excluding hydrogens is 988 g/mol. The summed E-state index contributed by atoms with van der Waals surface area (Å²) in [6.45, 7) is 6.67. The summed E-state index contributed by atoms with van der Waals surface area (Å²) in [7, 11) is 1.15. The minimum absolute atomic E-state index is 0.0338. The molecule has 0 aromatic carbocycles. The predicted octanol–water partition coefficient (Wildman–Crippen LogP) is 19.3. The Labute approximate surface area is 481 Å². The van der Waals surface area contributed by atoms with Crippen LogP contribution in [0.4, 0.5) is 0 Å². The van der Waals surface area contributed by atoms with E-state index in [1.807, 2.05) is 94.1 Å². The fraction of sp³-hybridized carbons (Fsp3) is 0.735. The van der Waals surface area contributed by atoms with Crippen LogP contribution in [-0.4, -0.2) is 69.4 Å². The highest BCUT2D eigenvalue weighted by Gasteiger charge is 2.27. The molecule has 0 saturated carbocycles. The van der Waals surface area contributed by atoms with Crippen LogP contribution in [0.1, 0.15) is 271 Å². The first-order chi connectivity index (χ1) is 37.9. The lowest BCUT2D eigenvalue weighted by Gasteiger charge is -2.30. The van der Waals surface area contributed by atoms with Crippen molar-refractivity contribution in [1.29, 1.82) is 0 Å². The lowest BCUT2D eigenvalue weighted by Crippen LogP contribution is -2.47. The largest absolute Gasteiger partial charge is 0.756 e. The molecule has 0 aromatic heterocycles. The predicted molar refractivity (Wildman–Crippen MR) is 334 cm³/mol. The van der Waals surface area contributed by atoms with E-state index in [9.17, 15) is 19.0 Å². The molecular formula is C68H121N2O7P. The molecule has 10 heteroatoms. The molecule has 3 unspecified atom stereocenters. The molecule has 78 heavy (non-hydrogen) atoms. The number of rotatable bonds is 57. The number of likely N-dealkylation sites (N-methyl/N-ethyl adjacent to an activating group) is 1. The van der Waals surface area contributed by atoms with Crippen molar-refractivity contribution in [2.45, 2.75) is 283 Å². The Bertz CT molecular complexity index is 1660. The van der Waals surface area contributed by atoms with Crippen LogP contribution in [0.2, 0.25) is 0 Å². The smallest absolute Gasteiger partial charge is 0.306 e. The van der Waals surface area contributed by atoms with Gasteiger partial charge in [0.25, 0.3) is 7.82 Å². The van der Waals surface area contributed by atoms with Crippen LogP contribution < -0.4 is 10.2 Å². The van der Waals surface area contributed by atoms with Gasteiger partial charge in [0.05, 0.1) is 33.8 Å². The summed E-state index contributed by atoms with van der Waals surface area (Å²) in [5.74, 6) is -0.592. The molecule has 0 radical (unpaired) electrons. The number of nitrogens with zero attached hydrogens (tertiary/aromatic N) is 1. The van der Waals surface area contributed by atoms with Gasteiger partial charge in [-0.05, 0) is 76.7 Å². The molecule has 1 amide bonds. The number of amides is 1. The summed E-state index contributed by atoms with van der Waals surface area (Å²) in [6.07, 6.45) is 76.7. The van der Waals surface area contributed by atoms with Gasteiger partial charge in [0.15, 0.2) is 0 Å². The van der Waals surface area contributed by atoms with Crippen molar-refractivity contribution in [3.8, 4) is 0 Å². The van der Waals surface area contributed by atoms with Crippen molar-refractivity contribution in [3.05, 3.63) is 97.2 Å². The zero-order chi connectivity index (χ0) is 57.2. The Morgan fingerprint density at radius 2 is 0.833 bits per heavy atom. The highest BCUT2D eigenvalue weighted by Crippen LogP contribution is 2.38. The summed E-state index contributed by atoms with van der Waals surface area (Å²) in [6, 6.07) is -0.912. The third-order valence-electron chi connectivity index (χ3n) is 13.9. The van der Waals surface area contributed by atoms with Gasteiger partial charge >= 0.3 is 5.97 Å². The number of carbonyl (C=O) groups is 2. The van der Waals surface area contributed by atoms with Crippen molar-refractivity contribution < 1.29 is 37.3 Å². The van der Waals surface area contributed by atoms with Gasteiger partial charge < -0.3 is 28.5 Å². The monoisotopic (exact) mass is 1110 g/mol. The number of hydrogen-bond donors (Lipinski definition) is 1. The number of carbonyl (C=O) groups excluding carboxylic acids is 2. The van der Waals surface area contributed by atoms with Crippen LogP contribution in [0.3, 0.4) is 0 Å². The van der Waals surface area contributed by atoms with Crippen molar-refractivity contribution in [2.75, 3.05) is 40.9 Å². The van der Waals surface area contributed by atoms with Crippen LogP contribution >= 0.6 is 7.82 Å². The first-order valence-corrected chi connectivity index (χ1v) is 33.6. The highest BCUT2D eigenvalue weighted by molar-refractivity contribution is 7.45. The minimum atomic E-state index is -4.71. The van der Waals surface area contributed by atoms with Gasteiger partial charge in [-0.25, -0.2) is 0 Å². The maximum atomic E-state index is 13.6. The number of esters is 1. The number of phosphoric acid groups is 1. The number of phosphoric ester groups is 1. The van der Waals surface area contributed by atoms with Gasteiger partial charge in [0, 0.05) is 12.8 Å². The number of quaternary nitrogens is 1. The van der Waals surface area contributed by atoms with Crippen LogP contribution in [0.25, 0.3) is 0 Å². The van der Waals surface area contributed by atoms with E-state index in [0.29, 0.717) is 23.9 Å². The molecule has 0 spiro atoms. The molecule has 1 N–H and O–H groups in total. The second kappa shape index (κ2) is 57.2. The summed E-state index contributed by atoms with van der Waals surface area (Å²) in [5, 5.41) is 3.02. The van der Waals surface area contributed by atoms with Gasteiger partial charge in [-0.3, -0.25) is 14.2 Å². The zero-order valence-corrected chi connectivity index (χ0v) is 52.2. The third-order valence-corrected chi connectivity index (χ3v) is 14.9. The average molecular weight is 1110 g/mol. The Balaban J connectivity index is 5.24. The minimum Gasteiger partial charge on any atom is -0.756 e. The van der Waals surface area contributed by atoms with Crippen LogP contribution in [0.5, 0.6) is 0 Å². The molecule has 0 rings (SSSR count). The lowest BCUT2D eigenvalue weighted by atomic mass is 10.0. The Hall–Kier alpha value is -3.07. The van der Waals surface area contributed by atoms with E-state index in [1.54, 1.807) is 0 Å². The molecule has 0 heterocycles. The SMILES string of the molecule is CC\C=C/C=C/C=C/C=C\C=C\C=C\CCCCCC(=O)OC(/C=C\CCCCCCCCCCCC)C(COP(=O)([O-])OCC[N+](C)(C)C)NC(=O)CCCCCCCCCCCCCCC/C=C/CCCCCCCC. The first-order valence-electron chi connectivity index (χ1n) is 32.1. The van der Waals surface area contributed by atoms with E-state index in [2.05, 4.69) is 50.4 Å². The third kappa shape index (κ3) is 57.6. The average Bonchev–Trinajstić information content (AvgIpc) is 3.40. The molecule has 0 saturated heterocycles. The fourth-order valence-electron chi connectivity index (χ4n) is 8.96. The van der Waals surface area contributed by atoms with Gasteiger partial charge in [-0.2, -0.15) is 0 Å². The van der Waals surface area contributed by atoms with E-state index in [1.165, 1.54) is 167 Å². The van der Waals surface area contributed by atoms with Crippen LogP contribution in [0, 0.1) is 0 Å². The van der Waals surface area contributed by atoms with Crippen LogP contribution in [0.15, 0.2) is 97.2 Å². The van der Waals surface area contributed by atoms with Gasteiger partial charge in [0.2, 0.25) is 5.91 Å². The van der Waals surface area contributed by atoms with Crippen molar-refractivity contribution in [3.63, 3.8) is 0 Å². The number of allylic oxidation sites excluding steroid dienone is 15. The summed E-state index contributed by atoms with van der Waals surface area (Å²) in [5.41, 5.74) is 0. The maximum Gasteiger partial charge on any atom is 0.306 e. The quantitative estimate of drug-likeness (QED) is 0.0161. The maximum absolute atomic E-state index is 13.6. The summed E-state index contributed by atoms with van der Waals surface area (Å²) >= 11 is 0. The molecule has 3 atom stereocenters. The normalized spacial score (nSPS) is 14.3. The molecule has 0 aliphatic carbocycles. The second-order valence-electron chi connectivity index (χ2n) is 22.7. The van der Waals surface area contributed by atoms with E-state index in [-0.39, 0.29) is 24.9 Å². The van der Waals surface area contributed by atoms with E-state index in [4.69, 9.17) is 13.8 Å². The molecule has 0 bridgehead atoms. The Kier molecular flexibility index (Phi) is 54.9. The number of unbranched alkanes of at least 4 members (excludes halogenated alkanes) is 32. The lowest BCUT2D eigenvalue weighted by molar-refractivity contribution is -0.870. The molecule has 0 fully saturated rings. The Morgan fingerprint density at radius 3 is 1.28 bits per heavy atom. The van der Waals surface area contributed by atoms with E-state index >= 15 is 0 Å².